The smallest absolute Gasteiger partial charge is 0.271 e. The van der Waals surface area contributed by atoms with Crippen molar-refractivity contribution in [1.29, 1.82) is 0 Å². The maximum atomic E-state index is 12.7. The first kappa shape index (κ1) is 23.1. The highest BCUT2D eigenvalue weighted by atomic mass is 32.2. The van der Waals surface area contributed by atoms with Crippen molar-refractivity contribution in [3.63, 3.8) is 0 Å². The summed E-state index contributed by atoms with van der Waals surface area (Å²) in [6.07, 6.45) is 1.53. The van der Waals surface area contributed by atoms with Gasteiger partial charge in [-0.15, -0.1) is 0 Å². The molecule has 162 valence electrons. The van der Waals surface area contributed by atoms with E-state index in [9.17, 15) is 23.3 Å². The zero-order valence-corrected chi connectivity index (χ0v) is 18.1. The van der Waals surface area contributed by atoms with E-state index in [1.165, 1.54) is 19.2 Å². The molecule has 1 amide bonds. The number of ether oxygens (including phenoxy) is 1. The van der Waals surface area contributed by atoms with E-state index in [0.717, 1.165) is 27.8 Å². The van der Waals surface area contributed by atoms with Crippen molar-refractivity contribution in [1.82, 2.24) is 5.32 Å². The molecule has 0 fully saturated rings. The van der Waals surface area contributed by atoms with Crippen molar-refractivity contribution in [3.8, 4) is 5.75 Å². The minimum absolute atomic E-state index is 0.0762. The quantitative estimate of drug-likeness (QED) is 0.478. The highest BCUT2D eigenvalue weighted by molar-refractivity contribution is 7.92. The largest absolute Gasteiger partial charge is 0.495 e. The number of hydrogen-bond acceptors (Lipinski definition) is 6. The van der Waals surface area contributed by atoms with Gasteiger partial charge in [-0.05, 0) is 25.0 Å². The number of benzene rings is 2. The maximum absolute atomic E-state index is 12.7. The molecule has 10 heteroatoms. The van der Waals surface area contributed by atoms with Crippen molar-refractivity contribution < 1.29 is 22.9 Å². The van der Waals surface area contributed by atoms with Gasteiger partial charge < -0.3 is 10.1 Å². The standard InChI is InChI=1S/C20H25N3O6S/c1-5-17(15-8-6-14(2)7-9-15)21-20(24)13-22(30(4,27)28)18-12-16(23(25)26)10-11-19(18)29-3/h6-12,17H,5,13H2,1-4H3,(H,21,24)/t17-/m0/s1. The van der Waals surface area contributed by atoms with E-state index < -0.39 is 27.4 Å². The molecule has 1 N–H and O–H groups in total. The van der Waals surface area contributed by atoms with Gasteiger partial charge in [0.2, 0.25) is 15.9 Å². The molecule has 0 unspecified atom stereocenters. The summed E-state index contributed by atoms with van der Waals surface area (Å²) in [5.41, 5.74) is 1.59. The lowest BCUT2D eigenvalue weighted by Crippen LogP contribution is -2.41. The van der Waals surface area contributed by atoms with Crippen LogP contribution in [0.5, 0.6) is 5.75 Å². The van der Waals surface area contributed by atoms with Crippen LogP contribution in [-0.2, 0) is 14.8 Å². The fourth-order valence-corrected chi connectivity index (χ4v) is 3.81. The number of carbonyl (C=O) groups excluding carboxylic acids is 1. The van der Waals surface area contributed by atoms with Crippen LogP contribution in [0.15, 0.2) is 42.5 Å². The van der Waals surface area contributed by atoms with Crippen molar-refractivity contribution in [2.75, 3.05) is 24.2 Å². The van der Waals surface area contributed by atoms with E-state index >= 15 is 0 Å². The van der Waals surface area contributed by atoms with Gasteiger partial charge in [-0.2, -0.15) is 0 Å². The average Bonchev–Trinajstić information content (AvgIpc) is 2.69. The molecular weight excluding hydrogens is 410 g/mol. The van der Waals surface area contributed by atoms with Crippen LogP contribution in [0.1, 0.15) is 30.5 Å². The molecule has 1 atom stereocenters. The van der Waals surface area contributed by atoms with Crippen LogP contribution in [0.3, 0.4) is 0 Å². The van der Waals surface area contributed by atoms with Crippen LogP contribution in [0.2, 0.25) is 0 Å². The number of anilines is 1. The molecule has 0 radical (unpaired) electrons. The number of rotatable bonds is 9. The van der Waals surface area contributed by atoms with Gasteiger partial charge in [-0.25, -0.2) is 8.42 Å². The number of sulfonamides is 1. The van der Waals surface area contributed by atoms with Gasteiger partial charge in [0.25, 0.3) is 5.69 Å². The van der Waals surface area contributed by atoms with Crippen molar-refractivity contribution >= 4 is 27.3 Å². The second-order valence-corrected chi connectivity index (χ2v) is 8.73. The summed E-state index contributed by atoms with van der Waals surface area (Å²) in [7, 11) is -2.62. The highest BCUT2D eigenvalue weighted by Gasteiger charge is 2.27. The van der Waals surface area contributed by atoms with Gasteiger partial charge in [0.1, 0.15) is 18.0 Å². The van der Waals surface area contributed by atoms with Crippen molar-refractivity contribution in [3.05, 3.63) is 63.7 Å². The molecule has 0 saturated heterocycles. The topological polar surface area (TPSA) is 119 Å². The third-order valence-corrected chi connectivity index (χ3v) is 5.68. The minimum atomic E-state index is -3.93. The molecule has 2 aromatic carbocycles. The summed E-state index contributed by atoms with van der Waals surface area (Å²) in [5, 5.41) is 14.0. The number of nitro benzene ring substituents is 1. The molecule has 0 aliphatic heterocycles. The second kappa shape index (κ2) is 9.57. The number of hydrogen-bond donors (Lipinski definition) is 1. The van der Waals surface area contributed by atoms with E-state index in [-0.39, 0.29) is 23.2 Å². The van der Waals surface area contributed by atoms with Crippen LogP contribution < -0.4 is 14.4 Å². The van der Waals surface area contributed by atoms with Crippen molar-refractivity contribution in [2.24, 2.45) is 0 Å². The highest BCUT2D eigenvalue weighted by Crippen LogP contribution is 2.33. The molecule has 0 bridgehead atoms. The molecule has 2 rings (SSSR count). The molecule has 0 aromatic heterocycles. The average molecular weight is 436 g/mol. The van der Waals surface area contributed by atoms with E-state index in [1.807, 2.05) is 38.1 Å². The lowest BCUT2D eigenvalue weighted by atomic mass is 10.0. The predicted octanol–water partition coefficient (Wildman–Crippen LogP) is 2.95. The maximum Gasteiger partial charge on any atom is 0.271 e. The number of non-ortho nitro benzene ring substituents is 1. The molecule has 30 heavy (non-hydrogen) atoms. The Morgan fingerprint density at radius 1 is 1.23 bits per heavy atom. The Bertz CT molecular complexity index is 1020. The predicted molar refractivity (Wildman–Crippen MR) is 114 cm³/mol. The third-order valence-electron chi connectivity index (χ3n) is 4.55. The third kappa shape index (κ3) is 5.69. The number of carbonyl (C=O) groups is 1. The monoisotopic (exact) mass is 435 g/mol. The Kier molecular flexibility index (Phi) is 7.38. The molecule has 0 aliphatic carbocycles. The Morgan fingerprint density at radius 3 is 2.37 bits per heavy atom. The van der Waals surface area contributed by atoms with Gasteiger partial charge in [-0.1, -0.05) is 36.8 Å². The summed E-state index contributed by atoms with van der Waals surface area (Å²) in [5.74, 6) is -0.439. The van der Waals surface area contributed by atoms with Gasteiger partial charge >= 0.3 is 0 Å². The summed E-state index contributed by atoms with van der Waals surface area (Å²) < 4.78 is 30.8. The molecule has 9 nitrogen and oxygen atoms in total. The van der Waals surface area contributed by atoms with E-state index in [2.05, 4.69) is 5.32 Å². The molecule has 0 aliphatic rings. The van der Waals surface area contributed by atoms with Crippen LogP contribution in [0, 0.1) is 17.0 Å². The van der Waals surface area contributed by atoms with Crippen molar-refractivity contribution in [2.45, 2.75) is 26.3 Å². The fraction of sp³-hybridized carbons (Fsp3) is 0.350. The van der Waals surface area contributed by atoms with Gasteiger partial charge in [0.15, 0.2) is 0 Å². The van der Waals surface area contributed by atoms with Crippen LogP contribution >= 0.6 is 0 Å². The lowest BCUT2D eigenvalue weighted by molar-refractivity contribution is -0.384. The van der Waals surface area contributed by atoms with Crippen LogP contribution in [-0.4, -0.2) is 39.2 Å². The number of nitrogens with zero attached hydrogens (tertiary/aromatic N) is 2. The molecule has 0 heterocycles. The van der Waals surface area contributed by atoms with Crippen LogP contribution in [0.25, 0.3) is 0 Å². The van der Waals surface area contributed by atoms with E-state index in [4.69, 9.17) is 4.74 Å². The Hall–Kier alpha value is -3.14. The summed E-state index contributed by atoms with van der Waals surface area (Å²) in [6.45, 7) is 3.32. The fourth-order valence-electron chi connectivity index (χ4n) is 2.96. The number of methoxy groups -OCH3 is 1. The van der Waals surface area contributed by atoms with Gasteiger partial charge in [0.05, 0.1) is 24.3 Å². The van der Waals surface area contributed by atoms with E-state index in [0.29, 0.717) is 6.42 Å². The number of aryl methyl sites for hydroxylation is 1. The van der Waals surface area contributed by atoms with Gasteiger partial charge in [-0.3, -0.25) is 19.2 Å². The first-order valence-electron chi connectivity index (χ1n) is 9.22. The summed E-state index contributed by atoms with van der Waals surface area (Å²) in [4.78, 5) is 23.2. The zero-order chi connectivity index (χ0) is 22.5. The second-order valence-electron chi connectivity index (χ2n) is 6.82. The normalized spacial score (nSPS) is 12.1. The molecular formula is C20H25N3O6S. The zero-order valence-electron chi connectivity index (χ0n) is 17.3. The molecule has 0 spiro atoms. The number of amides is 1. The first-order chi connectivity index (χ1) is 14.1. The number of nitro groups is 1. The molecule has 0 saturated carbocycles. The first-order valence-corrected chi connectivity index (χ1v) is 11.1. The number of nitrogens with one attached hydrogen (secondary N) is 1. The van der Waals surface area contributed by atoms with Crippen LogP contribution in [0.4, 0.5) is 11.4 Å². The summed E-state index contributed by atoms with van der Waals surface area (Å²) in [6, 6.07) is 10.9. The Morgan fingerprint density at radius 2 is 1.87 bits per heavy atom. The Labute approximate surface area is 175 Å². The summed E-state index contributed by atoms with van der Waals surface area (Å²) >= 11 is 0. The Balaban J connectivity index is 2.33. The minimum Gasteiger partial charge on any atom is -0.495 e. The molecule has 2 aromatic rings. The SMILES string of the molecule is CC[C@H](NC(=O)CN(c1cc([N+](=O)[O-])ccc1OC)S(C)(=O)=O)c1ccc(C)cc1. The lowest BCUT2D eigenvalue weighted by Gasteiger charge is -2.25. The van der Waals surface area contributed by atoms with Gasteiger partial charge in [0, 0.05) is 12.1 Å². The van der Waals surface area contributed by atoms with E-state index in [1.54, 1.807) is 0 Å².